The largest absolute Gasteiger partial charge is 0.289 e. The van der Waals surface area contributed by atoms with E-state index in [-0.39, 0.29) is 10.8 Å². The molecule has 1 nitrogen and oxygen atoms in total. The van der Waals surface area contributed by atoms with E-state index in [4.69, 9.17) is 11.6 Å². The minimum atomic E-state index is -0.397. The molecule has 0 saturated carbocycles. The van der Waals surface area contributed by atoms with Gasteiger partial charge in [-0.3, -0.25) is 4.79 Å². The van der Waals surface area contributed by atoms with Gasteiger partial charge in [-0.05, 0) is 29.8 Å². The molecule has 2 aromatic rings. The van der Waals surface area contributed by atoms with E-state index >= 15 is 0 Å². The summed E-state index contributed by atoms with van der Waals surface area (Å²) in [6.45, 7) is 0. The smallest absolute Gasteiger partial charge is 0.185 e. The number of carbonyl (C=O) groups is 1. The molecule has 3 heteroatoms. The van der Waals surface area contributed by atoms with Crippen molar-refractivity contribution in [1.29, 1.82) is 0 Å². The third kappa shape index (κ3) is 3.05. The Hall–Kier alpha value is -1.93. The van der Waals surface area contributed by atoms with Gasteiger partial charge in [-0.2, -0.15) is 0 Å². The van der Waals surface area contributed by atoms with Crippen LogP contribution in [0, 0.1) is 5.82 Å². The van der Waals surface area contributed by atoms with Crippen LogP contribution in [0.3, 0.4) is 0 Å². The summed E-state index contributed by atoms with van der Waals surface area (Å²) in [6.07, 6.45) is 3.01. The maximum Gasteiger partial charge on any atom is 0.185 e. The molecule has 0 radical (unpaired) electrons. The van der Waals surface area contributed by atoms with Gasteiger partial charge in [-0.1, -0.05) is 48.0 Å². The molecule has 2 aromatic carbocycles. The summed E-state index contributed by atoms with van der Waals surface area (Å²) in [5.41, 5.74) is 1.22. The van der Waals surface area contributed by atoms with Gasteiger partial charge < -0.3 is 0 Å². The molecule has 0 unspecified atom stereocenters. The van der Waals surface area contributed by atoms with Gasteiger partial charge in [0.25, 0.3) is 0 Å². The lowest BCUT2D eigenvalue weighted by molar-refractivity contribution is 0.104. The van der Waals surface area contributed by atoms with Crippen molar-refractivity contribution in [3.8, 4) is 0 Å². The van der Waals surface area contributed by atoms with E-state index in [0.717, 1.165) is 0 Å². The van der Waals surface area contributed by atoms with E-state index in [1.807, 2.05) is 6.07 Å². The Kier molecular flexibility index (Phi) is 3.90. The predicted molar refractivity (Wildman–Crippen MR) is 71.2 cm³/mol. The first kappa shape index (κ1) is 12.5. The lowest BCUT2D eigenvalue weighted by Gasteiger charge is -1.98. The molecule has 0 amide bonds. The third-order valence-corrected chi connectivity index (χ3v) is 2.76. The van der Waals surface area contributed by atoms with Gasteiger partial charge in [0.1, 0.15) is 5.82 Å². The highest BCUT2D eigenvalue weighted by atomic mass is 35.5. The van der Waals surface area contributed by atoms with Crippen LogP contribution in [-0.2, 0) is 0 Å². The molecule has 0 spiro atoms. The molecule has 0 aliphatic heterocycles. The number of benzene rings is 2. The second kappa shape index (κ2) is 5.61. The summed E-state index contributed by atoms with van der Waals surface area (Å²) in [4.78, 5) is 11.8. The molecular formula is C15H10ClFO. The predicted octanol–water partition coefficient (Wildman–Crippen LogP) is 4.38. The maximum absolute atomic E-state index is 12.8. The molecule has 0 heterocycles. The van der Waals surface area contributed by atoms with Gasteiger partial charge in [0.05, 0.1) is 5.02 Å². The van der Waals surface area contributed by atoms with Crippen LogP contribution in [0.2, 0.25) is 5.02 Å². The minimum Gasteiger partial charge on any atom is -0.289 e. The van der Waals surface area contributed by atoms with Gasteiger partial charge in [-0.15, -0.1) is 0 Å². The molecule has 0 aliphatic rings. The first-order chi connectivity index (χ1) is 8.66. The maximum atomic E-state index is 12.8. The van der Waals surface area contributed by atoms with Gasteiger partial charge in [-0.25, -0.2) is 4.39 Å². The Morgan fingerprint density at radius 2 is 1.83 bits per heavy atom. The Bertz CT molecular complexity index is 591. The fourth-order valence-electron chi connectivity index (χ4n) is 1.50. The van der Waals surface area contributed by atoms with Crippen LogP contribution in [-0.4, -0.2) is 5.78 Å². The van der Waals surface area contributed by atoms with Gasteiger partial charge in [0, 0.05) is 5.56 Å². The van der Waals surface area contributed by atoms with Crippen molar-refractivity contribution in [3.05, 3.63) is 76.6 Å². The standard InChI is InChI=1S/C15H10ClFO/c16-14-10-13(17)8-6-11(14)7-9-15(18)12-4-2-1-3-5-12/h1-10H. The molecule has 0 fully saturated rings. The van der Waals surface area contributed by atoms with Crippen molar-refractivity contribution in [3.63, 3.8) is 0 Å². The van der Waals surface area contributed by atoms with Crippen LogP contribution in [0.1, 0.15) is 15.9 Å². The highest BCUT2D eigenvalue weighted by Gasteiger charge is 2.02. The zero-order chi connectivity index (χ0) is 13.0. The van der Waals surface area contributed by atoms with Crippen LogP contribution >= 0.6 is 11.6 Å². The molecule has 0 saturated heterocycles. The monoisotopic (exact) mass is 260 g/mol. The molecule has 2 rings (SSSR count). The van der Waals surface area contributed by atoms with Crippen molar-refractivity contribution in [2.24, 2.45) is 0 Å². The molecule has 0 N–H and O–H groups in total. The lowest BCUT2D eigenvalue weighted by Crippen LogP contribution is -1.92. The van der Waals surface area contributed by atoms with Crippen LogP contribution < -0.4 is 0 Å². The number of hydrogen-bond acceptors (Lipinski definition) is 1. The summed E-state index contributed by atoms with van der Waals surface area (Å²) in [5, 5.41) is 0.284. The number of hydrogen-bond donors (Lipinski definition) is 0. The molecule has 0 atom stereocenters. The summed E-state index contributed by atoms with van der Waals surface area (Å²) in [7, 11) is 0. The SMILES string of the molecule is O=C(C=Cc1ccc(F)cc1Cl)c1ccccc1. The summed E-state index contributed by atoms with van der Waals surface area (Å²) in [6, 6.07) is 13.0. The number of halogens is 2. The van der Waals surface area contributed by atoms with Crippen molar-refractivity contribution >= 4 is 23.5 Å². The van der Waals surface area contributed by atoms with Crippen molar-refractivity contribution in [1.82, 2.24) is 0 Å². The second-order valence-electron chi connectivity index (χ2n) is 3.73. The van der Waals surface area contributed by atoms with Crippen molar-refractivity contribution < 1.29 is 9.18 Å². The normalized spacial score (nSPS) is 10.8. The van der Waals surface area contributed by atoms with E-state index in [0.29, 0.717) is 11.1 Å². The Balaban J connectivity index is 2.19. The number of rotatable bonds is 3. The van der Waals surface area contributed by atoms with Crippen molar-refractivity contribution in [2.75, 3.05) is 0 Å². The van der Waals surface area contributed by atoms with Crippen LogP contribution in [0.5, 0.6) is 0 Å². The summed E-state index contributed by atoms with van der Waals surface area (Å²) < 4.78 is 12.8. The highest BCUT2D eigenvalue weighted by Crippen LogP contribution is 2.18. The first-order valence-electron chi connectivity index (χ1n) is 5.39. The van der Waals surface area contributed by atoms with Gasteiger partial charge in [0.15, 0.2) is 5.78 Å². The number of allylic oxidation sites excluding steroid dienone is 1. The van der Waals surface area contributed by atoms with Crippen LogP contribution in [0.25, 0.3) is 6.08 Å². The Morgan fingerprint density at radius 3 is 2.50 bits per heavy atom. The first-order valence-corrected chi connectivity index (χ1v) is 5.77. The zero-order valence-corrected chi connectivity index (χ0v) is 10.2. The van der Waals surface area contributed by atoms with Crippen LogP contribution in [0.15, 0.2) is 54.6 Å². The third-order valence-electron chi connectivity index (χ3n) is 2.44. The zero-order valence-electron chi connectivity index (χ0n) is 9.44. The molecular weight excluding hydrogens is 251 g/mol. The fraction of sp³-hybridized carbons (Fsp3) is 0. The Labute approximate surface area is 110 Å². The molecule has 90 valence electrons. The molecule has 0 bridgehead atoms. The summed E-state index contributed by atoms with van der Waals surface area (Å²) >= 11 is 5.86. The number of ketones is 1. The minimum absolute atomic E-state index is 0.115. The molecule has 0 aromatic heterocycles. The average molecular weight is 261 g/mol. The van der Waals surface area contributed by atoms with E-state index in [1.165, 1.54) is 24.3 Å². The molecule has 18 heavy (non-hydrogen) atoms. The second-order valence-corrected chi connectivity index (χ2v) is 4.14. The molecule has 0 aliphatic carbocycles. The lowest BCUT2D eigenvalue weighted by atomic mass is 10.1. The van der Waals surface area contributed by atoms with Crippen molar-refractivity contribution in [2.45, 2.75) is 0 Å². The number of carbonyl (C=O) groups excluding carboxylic acids is 1. The van der Waals surface area contributed by atoms with E-state index in [2.05, 4.69) is 0 Å². The quantitative estimate of drug-likeness (QED) is 0.591. The fourth-order valence-corrected chi connectivity index (χ4v) is 1.73. The highest BCUT2D eigenvalue weighted by molar-refractivity contribution is 6.32. The van der Waals surface area contributed by atoms with E-state index in [1.54, 1.807) is 30.3 Å². The Morgan fingerprint density at radius 1 is 1.11 bits per heavy atom. The van der Waals surface area contributed by atoms with E-state index < -0.39 is 5.82 Å². The topological polar surface area (TPSA) is 17.1 Å². The summed E-state index contributed by atoms with van der Waals surface area (Å²) in [5.74, 6) is -0.512. The van der Waals surface area contributed by atoms with E-state index in [9.17, 15) is 9.18 Å². The average Bonchev–Trinajstić information content (AvgIpc) is 2.38. The van der Waals surface area contributed by atoms with Gasteiger partial charge >= 0.3 is 0 Å². The van der Waals surface area contributed by atoms with Crippen LogP contribution in [0.4, 0.5) is 4.39 Å². The van der Waals surface area contributed by atoms with Gasteiger partial charge in [0.2, 0.25) is 0 Å².